The number of fused-ring (bicyclic) bond motifs is 1. The fourth-order valence-corrected chi connectivity index (χ4v) is 5.28. The lowest BCUT2D eigenvalue weighted by Gasteiger charge is -2.20. The summed E-state index contributed by atoms with van der Waals surface area (Å²) in [7, 11) is 0. The first-order valence-electron chi connectivity index (χ1n) is 9.11. The van der Waals surface area contributed by atoms with Crippen molar-refractivity contribution in [2.45, 2.75) is 44.9 Å². The summed E-state index contributed by atoms with van der Waals surface area (Å²) in [5.41, 5.74) is 3.13. The number of rotatable bonds is 4. The Morgan fingerprint density at radius 1 is 1.36 bits per heavy atom. The normalized spacial score (nSPS) is 24.2. The minimum absolute atomic E-state index is 0.0384. The van der Waals surface area contributed by atoms with Gasteiger partial charge in [0.2, 0.25) is 5.91 Å². The van der Waals surface area contributed by atoms with Crippen LogP contribution in [-0.4, -0.2) is 5.91 Å². The molecule has 1 aromatic carbocycles. The van der Waals surface area contributed by atoms with Crippen molar-refractivity contribution < 1.29 is 4.79 Å². The smallest absolute Gasteiger partial charge is 0.228 e. The van der Waals surface area contributed by atoms with E-state index in [-0.39, 0.29) is 11.8 Å². The van der Waals surface area contributed by atoms with Gasteiger partial charge in [-0.2, -0.15) is 5.26 Å². The van der Waals surface area contributed by atoms with Gasteiger partial charge in [-0.25, -0.2) is 0 Å². The lowest BCUT2D eigenvalue weighted by Crippen LogP contribution is -2.14. The van der Waals surface area contributed by atoms with E-state index in [0.29, 0.717) is 17.4 Å². The molecule has 0 radical (unpaired) electrons. The van der Waals surface area contributed by atoms with Crippen molar-refractivity contribution in [3.8, 4) is 6.07 Å². The molecule has 1 heterocycles. The summed E-state index contributed by atoms with van der Waals surface area (Å²) in [6.45, 7) is 2.23. The highest BCUT2D eigenvalue weighted by Gasteiger charge is 2.44. The maximum absolute atomic E-state index is 12.6. The number of anilines is 1. The average Bonchev–Trinajstić information content (AvgIpc) is 3.38. The van der Waals surface area contributed by atoms with Gasteiger partial charge in [-0.05, 0) is 48.6 Å². The molecule has 1 saturated carbocycles. The quantitative estimate of drug-likeness (QED) is 0.854. The molecule has 4 heteroatoms. The molecular weight excluding hydrogens is 328 g/mol. The fraction of sp³-hybridized carbons (Fsp3) is 0.429. The molecule has 1 amide bonds. The zero-order valence-corrected chi connectivity index (χ0v) is 15.2. The summed E-state index contributed by atoms with van der Waals surface area (Å²) in [5.74, 6) is 1.14. The van der Waals surface area contributed by atoms with Gasteiger partial charge in [0.1, 0.15) is 11.1 Å². The summed E-state index contributed by atoms with van der Waals surface area (Å²) in [6.07, 6.45) is 5.26. The average molecular weight is 350 g/mol. The summed E-state index contributed by atoms with van der Waals surface area (Å²) in [5, 5.41) is 13.4. The van der Waals surface area contributed by atoms with Crippen molar-refractivity contribution >= 4 is 22.2 Å². The molecule has 0 saturated heterocycles. The van der Waals surface area contributed by atoms with E-state index in [0.717, 1.165) is 30.7 Å². The van der Waals surface area contributed by atoms with Crippen LogP contribution in [0.2, 0.25) is 0 Å². The standard InChI is InChI=1S/C21H22N2OS/c1-2-13-8-9-15-18(12-22)21(25-19(15)10-13)23-20(24)17-11-16(17)14-6-4-3-5-7-14/h3-7,13,16-17H,2,8-11H2,1H3,(H,23,24)/t13-,16+,17-/m0/s1. The van der Waals surface area contributed by atoms with Crippen molar-refractivity contribution in [1.29, 1.82) is 5.26 Å². The molecule has 2 aliphatic rings. The van der Waals surface area contributed by atoms with Gasteiger partial charge < -0.3 is 5.32 Å². The maximum Gasteiger partial charge on any atom is 0.228 e. The van der Waals surface area contributed by atoms with Gasteiger partial charge in [0.05, 0.1) is 5.56 Å². The number of hydrogen-bond donors (Lipinski definition) is 1. The van der Waals surface area contributed by atoms with Crippen LogP contribution >= 0.6 is 11.3 Å². The van der Waals surface area contributed by atoms with Crippen LogP contribution in [0.5, 0.6) is 0 Å². The highest BCUT2D eigenvalue weighted by Crippen LogP contribution is 2.48. The first-order valence-corrected chi connectivity index (χ1v) is 9.93. The van der Waals surface area contributed by atoms with Crippen LogP contribution in [0.3, 0.4) is 0 Å². The Labute approximate surface area is 152 Å². The Morgan fingerprint density at radius 3 is 2.88 bits per heavy atom. The van der Waals surface area contributed by atoms with Crippen molar-refractivity contribution in [3.63, 3.8) is 0 Å². The number of thiophene rings is 1. The second-order valence-electron chi connectivity index (χ2n) is 7.19. The monoisotopic (exact) mass is 350 g/mol. The van der Waals surface area contributed by atoms with Crippen LogP contribution in [0.15, 0.2) is 30.3 Å². The van der Waals surface area contributed by atoms with E-state index in [1.165, 1.54) is 22.4 Å². The van der Waals surface area contributed by atoms with E-state index in [1.807, 2.05) is 18.2 Å². The Hall–Kier alpha value is -2.12. The van der Waals surface area contributed by atoms with Crippen molar-refractivity contribution in [1.82, 2.24) is 0 Å². The highest BCUT2D eigenvalue weighted by atomic mass is 32.1. The number of nitrogens with zero attached hydrogens (tertiary/aromatic N) is 1. The molecule has 2 aromatic rings. The molecule has 1 N–H and O–H groups in total. The largest absolute Gasteiger partial charge is 0.316 e. The van der Waals surface area contributed by atoms with Crippen molar-refractivity contribution in [2.24, 2.45) is 11.8 Å². The first kappa shape index (κ1) is 16.4. The minimum Gasteiger partial charge on any atom is -0.316 e. The van der Waals surface area contributed by atoms with Gasteiger partial charge >= 0.3 is 0 Å². The molecule has 128 valence electrons. The third-order valence-electron chi connectivity index (χ3n) is 5.65. The summed E-state index contributed by atoms with van der Waals surface area (Å²) >= 11 is 1.62. The van der Waals surface area contributed by atoms with Crippen LogP contribution < -0.4 is 5.32 Å². The third kappa shape index (κ3) is 3.09. The number of nitrogens with one attached hydrogen (secondary N) is 1. The second-order valence-corrected chi connectivity index (χ2v) is 8.29. The Morgan fingerprint density at radius 2 is 2.16 bits per heavy atom. The highest BCUT2D eigenvalue weighted by molar-refractivity contribution is 7.16. The lowest BCUT2D eigenvalue weighted by atomic mass is 9.86. The summed E-state index contributed by atoms with van der Waals surface area (Å²) < 4.78 is 0. The van der Waals surface area contributed by atoms with Gasteiger partial charge in [-0.15, -0.1) is 11.3 Å². The van der Waals surface area contributed by atoms with E-state index in [4.69, 9.17) is 0 Å². The number of carbonyl (C=O) groups is 1. The van der Waals surface area contributed by atoms with E-state index < -0.39 is 0 Å². The van der Waals surface area contributed by atoms with Crippen molar-refractivity contribution in [2.75, 3.05) is 5.32 Å². The Balaban J connectivity index is 1.49. The molecule has 0 unspecified atom stereocenters. The van der Waals surface area contributed by atoms with Gasteiger partial charge in [0, 0.05) is 10.8 Å². The molecule has 1 fully saturated rings. The maximum atomic E-state index is 12.6. The van der Waals surface area contributed by atoms with E-state index in [2.05, 4.69) is 30.4 Å². The Bertz CT molecular complexity index is 834. The number of nitriles is 1. The third-order valence-corrected chi connectivity index (χ3v) is 6.82. The number of benzene rings is 1. The molecule has 3 nitrogen and oxygen atoms in total. The van der Waals surface area contributed by atoms with E-state index in [9.17, 15) is 10.1 Å². The predicted molar refractivity (Wildman–Crippen MR) is 101 cm³/mol. The first-order chi connectivity index (χ1) is 12.2. The van der Waals surface area contributed by atoms with Gasteiger partial charge in [0.25, 0.3) is 0 Å². The van der Waals surface area contributed by atoms with Gasteiger partial charge in [-0.1, -0.05) is 43.7 Å². The topological polar surface area (TPSA) is 52.9 Å². The predicted octanol–water partition coefficient (Wildman–Crippen LogP) is 4.88. The number of carbonyl (C=O) groups excluding carboxylic acids is 1. The molecule has 25 heavy (non-hydrogen) atoms. The summed E-state index contributed by atoms with van der Waals surface area (Å²) in [6, 6.07) is 12.6. The zero-order chi connectivity index (χ0) is 17.4. The van der Waals surface area contributed by atoms with E-state index in [1.54, 1.807) is 11.3 Å². The number of amides is 1. The molecule has 3 atom stereocenters. The number of hydrogen-bond acceptors (Lipinski definition) is 3. The molecular formula is C21H22N2OS. The van der Waals surface area contributed by atoms with Gasteiger partial charge in [0.15, 0.2) is 0 Å². The van der Waals surface area contributed by atoms with Crippen LogP contribution in [0.1, 0.15) is 53.7 Å². The second kappa shape index (κ2) is 6.65. The zero-order valence-electron chi connectivity index (χ0n) is 14.4. The minimum atomic E-state index is 0.0384. The Kier molecular flexibility index (Phi) is 4.35. The molecule has 0 aliphatic heterocycles. The van der Waals surface area contributed by atoms with Crippen LogP contribution in [0, 0.1) is 23.2 Å². The molecule has 0 bridgehead atoms. The molecule has 1 aromatic heterocycles. The fourth-order valence-electron chi connectivity index (χ4n) is 3.97. The SMILES string of the molecule is CC[C@H]1CCc2c(sc(NC(=O)[C@H]3C[C@@H]3c3ccccc3)c2C#N)C1. The molecule has 0 spiro atoms. The summed E-state index contributed by atoms with van der Waals surface area (Å²) in [4.78, 5) is 14.0. The van der Waals surface area contributed by atoms with Crippen LogP contribution in [0.4, 0.5) is 5.00 Å². The lowest BCUT2D eigenvalue weighted by molar-refractivity contribution is -0.117. The molecule has 2 aliphatic carbocycles. The molecule has 4 rings (SSSR count). The van der Waals surface area contributed by atoms with Crippen LogP contribution in [0.25, 0.3) is 0 Å². The van der Waals surface area contributed by atoms with E-state index >= 15 is 0 Å². The van der Waals surface area contributed by atoms with Crippen molar-refractivity contribution in [3.05, 3.63) is 51.9 Å². The van der Waals surface area contributed by atoms with Crippen LogP contribution in [-0.2, 0) is 17.6 Å². The van der Waals surface area contributed by atoms with Gasteiger partial charge in [-0.3, -0.25) is 4.79 Å².